The van der Waals surface area contributed by atoms with Gasteiger partial charge in [0.15, 0.2) is 0 Å². The summed E-state index contributed by atoms with van der Waals surface area (Å²) in [5, 5.41) is 11.1. The van der Waals surface area contributed by atoms with Gasteiger partial charge in [-0.2, -0.15) is 0 Å². The topological polar surface area (TPSA) is 62.7 Å². The molecule has 4 rings (SSSR count). The molecule has 0 fully saturated rings. The van der Waals surface area contributed by atoms with Gasteiger partial charge in [-0.1, -0.05) is 36.9 Å². The normalized spacial score (nSPS) is 11.0. The molecule has 134 valence electrons. The molecule has 0 aliphatic rings. The molecule has 0 radical (unpaired) electrons. The summed E-state index contributed by atoms with van der Waals surface area (Å²) in [6, 6.07) is 20.4. The third-order valence-corrected chi connectivity index (χ3v) is 4.38. The van der Waals surface area contributed by atoms with Crippen LogP contribution in [-0.4, -0.2) is 16.7 Å². The minimum absolute atomic E-state index is 0.146. The van der Waals surface area contributed by atoms with Crippen molar-refractivity contribution in [3.05, 3.63) is 89.4 Å². The van der Waals surface area contributed by atoms with Crippen LogP contribution < -0.4 is 4.74 Å². The summed E-state index contributed by atoms with van der Waals surface area (Å²) in [5.74, 6) is 0.741. The average molecular weight is 360 g/mol. The zero-order valence-electron chi connectivity index (χ0n) is 14.6. The van der Waals surface area contributed by atoms with Crippen LogP contribution in [0.4, 0.5) is 5.69 Å². The molecule has 0 amide bonds. The van der Waals surface area contributed by atoms with Crippen LogP contribution in [0.1, 0.15) is 5.56 Å². The summed E-state index contributed by atoms with van der Waals surface area (Å²) < 4.78 is 11.7. The lowest BCUT2D eigenvalue weighted by molar-refractivity contribution is -0.729. The average Bonchev–Trinajstić information content (AvgIpc) is 3.04. The van der Waals surface area contributed by atoms with E-state index in [0.717, 1.165) is 38.8 Å². The number of rotatable bonds is 6. The van der Waals surface area contributed by atoms with Gasteiger partial charge >= 0.3 is 5.69 Å². The molecule has 0 atom stereocenters. The van der Waals surface area contributed by atoms with Crippen LogP contribution in [0.3, 0.4) is 0 Å². The number of ether oxygens (including phenoxy) is 1. The lowest BCUT2D eigenvalue weighted by atomic mass is 10.1. The number of benzene rings is 3. The Morgan fingerprint density at radius 2 is 1.81 bits per heavy atom. The van der Waals surface area contributed by atoms with Crippen LogP contribution in [0.25, 0.3) is 21.9 Å². The Balaban J connectivity index is 1.46. The Bertz CT molecular complexity index is 1160. The Kier molecular flexibility index (Phi) is 4.34. The van der Waals surface area contributed by atoms with Crippen molar-refractivity contribution < 1.29 is 19.3 Å². The second kappa shape index (κ2) is 6.96. The molecule has 0 unspecified atom stereocenters. The Morgan fingerprint density at radius 3 is 2.67 bits per heavy atom. The van der Waals surface area contributed by atoms with E-state index in [-0.39, 0.29) is 10.6 Å². The molecular weight excluding hydrogens is 342 g/mol. The highest BCUT2D eigenvalue weighted by Crippen LogP contribution is 2.31. The lowest BCUT2D eigenvalue weighted by Crippen LogP contribution is -2.03. The van der Waals surface area contributed by atoms with Gasteiger partial charge in [0.1, 0.15) is 23.5 Å². The van der Waals surface area contributed by atoms with Crippen molar-refractivity contribution in [3.8, 4) is 5.75 Å². The molecule has 0 saturated heterocycles. The predicted octanol–water partition coefficient (Wildman–Crippen LogP) is 5.56. The van der Waals surface area contributed by atoms with E-state index in [1.165, 1.54) is 0 Å². The molecular formula is C22H18NO4+. The minimum atomic E-state index is -0.146. The van der Waals surface area contributed by atoms with Gasteiger partial charge in [-0.3, -0.25) is 0 Å². The van der Waals surface area contributed by atoms with E-state index >= 15 is 0 Å². The third kappa shape index (κ3) is 3.53. The smallest absolute Gasteiger partial charge is 0.316 e. The molecule has 5 heteroatoms. The van der Waals surface area contributed by atoms with Crippen molar-refractivity contribution in [3.63, 3.8) is 0 Å². The number of para-hydroxylation sites is 1. The minimum Gasteiger partial charge on any atom is -0.489 e. The van der Waals surface area contributed by atoms with E-state index in [4.69, 9.17) is 14.4 Å². The maximum atomic E-state index is 11.0. The van der Waals surface area contributed by atoms with Gasteiger partial charge in [0.25, 0.3) is 4.92 Å². The van der Waals surface area contributed by atoms with Crippen LogP contribution in [0.5, 0.6) is 5.75 Å². The molecule has 1 heterocycles. The first kappa shape index (κ1) is 16.8. The fraction of sp³-hybridized carbons (Fsp3) is 0.0909. The van der Waals surface area contributed by atoms with Crippen molar-refractivity contribution >= 4 is 27.6 Å². The predicted molar refractivity (Wildman–Crippen MR) is 104 cm³/mol. The quantitative estimate of drug-likeness (QED) is 0.361. The highest BCUT2D eigenvalue weighted by molar-refractivity contribution is 6.05. The monoisotopic (exact) mass is 360 g/mol. The summed E-state index contributed by atoms with van der Waals surface area (Å²) >= 11 is 0. The SMILES string of the molecule is C=C(COc1ccc2oc3ccccc3c2c1)Cc1cccc([N+](=O)O)c1. The van der Waals surface area contributed by atoms with Gasteiger partial charge in [-0.15, -0.1) is 0 Å². The lowest BCUT2D eigenvalue weighted by Gasteiger charge is -2.09. The van der Waals surface area contributed by atoms with E-state index in [2.05, 4.69) is 6.58 Å². The van der Waals surface area contributed by atoms with E-state index in [1.54, 1.807) is 18.2 Å². The standard InChI is InChI=1S/C22H18NO4/c1-15(11-16-5-4-6-17(12-16)23(24)25)14-26-18-9-10-22-20(13-18)19-7-2-3-8-21(19)27-22/h2-10,12-13H,1,11,14H2,(H,24,25)/q+1. The van der Waals surface area contributed by atoms with Gasteiger partial charge in [0.05, 0.1) is 4.91 Å². The molecule has 0 bridgehead atoms. The van der Waals surface area contributed by atoms with E-state index in [9.17, 15) is 4.91 Å². The Morgan fingerprint density at radius 1 is 1.00 bits per heavy atom. The highest BCUT2D eigenvalue weighted by Gasteiger charge is 2.12. The van der Waals surface area contributed by atoms with Crippen molar-refractivity contribution in [2.45, 2.75) is 6.42 Å². The van der Waals surface area contributed by atoms with Crippen LogP contribution in [-0.2, 0) is 6.42 Å². The summed E-state index contributed by atoms with van der Waals surface area (Å²) in [5.41, 5.74) is 3.61. The fourth-order valence-corrected chi connectivity index (χ4v) is 3.11. The maximum absolute atomic E-state index is 11.0. The number of furan rings is 1. The molecule has 27 heavy (non-hydrogen) atoms. The first-order valence-corrected chi connectivity index (χ1v) is 8.56. The first-order valence-electron chi connectivity index (χ1n) is 8.56. The largest absolute Gasteiger partial charge is 0.489 e. The van der Waals surface area contributed by atoms with Crippen molar-refractivity contribution in [1.82, 2.24) is 0 Å². The third-order valence-electron chi connectivity index (χ3n) is 4.38. The number of hydrogen-bond acceptors (Lipinski definition) is 3. The van der Waals surface area contributed by atoms with Gasteiger partial charge in [0.2, 0.25) is 0 Å². The highest BCUT2D eigenvalue weighted by atomic mass is 16.6. The summed E-state index contributed by atoms with van der Waals surface area (Å²) in [6.45, 7) is 4.40. The zero-order valence-corrected chi connectivity index (χ0v) is 14.6. The summed E-state index contributed by atoms with van der Waals surface area (Å²) in [6.07, 6.45) is 0.554. The fourth-order valence-electron chi connectivity index (χ4n) is 3.11. The summed E-state index contributed by atoms with van der Waals surface area (Å²) in [4.78, 5) is 10.8. The maximum Gasteiger partial charge on any atom is 0.316 e. The molecule has 1 aromatic heterocycles. The molecule has 0 aliphatic heterocycles. The van der Waals surface area contributed by atoms with Crippen molar-refractivity contribution in [2.75, 3.05) is 6.61 Å². The molecule has 5 nitrogen and oxygen atoms in total. The molecule has 0 spiro atoms. The van der Waals surface area contributed by atoms with Gasteiger partial charge in [0, 0.05) is 22.9 Å². The second-order valence-electron chi connectivity index (χ2n) is 6.41. The number of nitrogens with zero attached hydrogens (tertiary/aromatic N) is 1. The van der Waals surface area contributed by atoms with Crippen LogP contribution in [0, 0.1) is 4.91 Å². The van der Waals surface area contributed by atoms with Gasteiger partial charge in [-0.25, -0.2) is 5.21 Å². The molecule has 0 aliphatic carbocycles. The van der Waals surface area contributed by atoms with E-state index in [1.807, 2.05) is 48.5 Å². The molecule has 4 aromatic rings. The van der Waals surface area contributed by atoms with Gasteiger partial charge < -0.3 is 9.15 Å². The van der Waals surface area contributed by atoms with Crippen LogP contribution in [0.2, 0.25) is 0 Å². The van der Waals surface area contributed by atoms with E-state index in [0.29, 0.717) is 13.0 Å². The number of hydrogen-bond donors (Lipinski definition) is 1. The second-order valence-corrected chi connectivity index (χ2v) is 6.41. The zero-order chi connectivity index (χ0) is 18.8. The van der Waals surface area contributed by atoms with E-state index < -0.39 is 0 Å². The van der Waals surface area contributed by atoms with Gasteiger partial charge in [-0.05, 0) is 41.8 Å². The molecule has 3 aromatic carbocycles. The van der Waals surface area contributed by atoms with Crippen LogP contribution >= 0.6 is 0 Å². The Labute approximate surface area is 155 Å². The van der Waals surface area contributed by atoms with Crippen molar-refractivity contribution in [2.24, 2.45) is 0 Å². The molecule has 1 N–H and O–H groups in total. The number of fused-ring (bicyclic) bond motifs is 3. The summed E-state index contributed by atoms with van der Waals surface area (Å²) in [7, 11) is 0. The van der Waals surface area contributed by atoms with Crippen LogP contribution in [0.15, 0.2) is 83.3 Å². The Hall–Kier alpha value is -3.60. The molecule has 0 saturated carbocycles. The van der Waals surface area contributed by atoms with Crippen molar-refractivity contribution in [1.29, 1.82) is 0 Å². The first-order chi connectivity index (χ1) is 13.1.